The Morgan fingerprint density at radius 2 is 2.60 bits per heavy atom. The van der Waals surface area contributed by atoms with Gasteiger partial charge < -0.3 is 5.73 Å². The van der Waals surface area contributed by atoms with Gasteiger partial charge in [0.2, 0.25) is 5.82 Å². The Morgan fingerprint density at radius 1 is 1.80 bits per heavy atom. The van der Waals surface area contributed by atoms with Crippen LogP contribution >= 0.6 is 0 Å². The molecule has 0 radical (unpaired) electrons. The molecule has 0 saturated carbocycles. The van der Waals surface area contributed by atoms with Crippen LogP contribution in [0.5, 0.6) is 0 Å². The average molecular weight is 140 g/mol. The molecule has 0 aliphatic heterocycles. The molecule has 0 aliphatic rings. The summed E-state index contributed by atoms with van der Waals surface area (Å²) < 4.78 is 1.58. The number of hydrogen-bond donors (Lipinski definition) is 1. The zero-order valence-corrected chi connectivity index (χ0v) is 5.40. The largest absolute Gasteiger partial charge is 0.329 e. The molecule has 10 heavy (non-hydrogen) atoms. The van der Waals surface area contributed by atoms with Crippen molar-refractivity contribution in [1.29, 1.82) is 0 Å². The van der Waals surface area contributed by atoms with E-state index in [1.54, 1.807) is 16.9 Å². The monoisotopic (exact) mass is 140 g/mol. The van der Waals surface area contributed by atoms with Crippen molar-refractivity contribution in [1.82, 2.24) is 9.78 Å². The Bertz CT molecular complexity index is 219. The second kappa shape index (κ2) is 3.07. The van der Waals surface area contributed by atoms with E-state index in [1.807, 2.05) is 0 Å². The lowest BCUT2D eigenvalue weighted by atomic mass is 10.6. The molecule has 0 saturated heterocycles. The summed E-state index contributed by atoms with van der Waals surface area (Å²) in [6, 6.07) is 1.54. The SMILES string of the molecule is NCCn1ccc(N=O)n1. The molecule has 0 spiro atoms. The molecule has 0 aromatic carbocycles. The molecule has 1 aromatic rings. The average Bonchev–Trinajstić information content (AvgIpc) is 2.37. The van der Waals surface area contributed by atoms with Crippen LogP contribution in [0, 0.1) is 4.91 Å². The van der Waals surface area contributed by atoms with Crippen LogP contribution in [0.1, 0.15) is 0 Å². The Labute approximate surface area is 57.8 Å². The van der Waals surface area contributed by atoms with Crippen molar-refractivity contribution < 1.29 is 0 Å². The molecule has 0 atom stereocenters. The van der Waals surface area contributed by atoms with E-state index in [0.717, 1.165) is 0 Å². The van der Waals surface area contributed by atoms with Crippen LogP contribution in [-0.4, -0.2) is 16.3 Å². The molecule has 5 heteroatoms. The lowest BCUT2D eigenvalue weighted by Gasteiger charge is -1.93. The highest BCUT2D eigenvalue weighted by atomic mass is 16.3. The van der Waals surface area contributed by atoms with Crippen LogP contribution in [0.2, 0.25) is 0 Å². The zero-order chi connectivity index (χ0) is 7.40. The van der Waals surface area contributed by atoms with Crippen LogP contribution in [0.4, 0.5) is 5.82 Å². The predicted octanol–water partition coefficient (Wildman–Crippen LogP) is 0.240. The first kappa shape index (κ1) is 6.88. The minimum absolute atomic E-state index is 0.202. The summed E-state index contributed by atoms with van der Waals surface area (Å²) in [5, 5.41) is 6.43. The summed E-state index contributed by atoms with van der Waals surface area (Å²) in [5.41, 5.74) is 5.24. The van der Waals surface area contributed by atoms with Crippen molar-refractivity contribution in [3.63, 3.8) is 0 Å². The molecule has 0 amide bonds. The highest BCUT2D eigenvalue weighted by Crippen LogP contribution is 2.04. The van der Waals surface area contributed by atoms with Crippen molar-refractivity contribution >= 4 is 5.82 Å². The first-order valence-electron chi connectivity index (χ1n) is 2.93. The van der Waals surface area contributed by atoms with Gasteiger partial charge in [0.05, 0.1) is 6.54 Å². The van der Waals surface area contributed by atoms with Gasteiger partial charge in [0.15, 0.2) is 0 Å². The predicted molar refractivity (Wildman–Crippen MR) is 36.7 cm³/mol. The van der Waals surface area contributed by atoms with E-state index in [0.29, 0.717) is 13.1 Å². The first-order chi connectivity index (χ1) is 4.86. The minimum atomic E-state index is 0.202. The number of nitrogens with two attached hydrogens (primary N) is 1. The van der Waals surface area contributed by atoms with E-state index in [2.05, 4.69) is 10.3 Å². The smallest absolute Gasteiger partial charge is 0.217 e. The Morgan fingerprint density at radius 3 is 3.10 bits per heavy atom. The van der Waals surface area contributed by atoms with Gasteiger partial charge in [0.1, 0.15) is 0 Å². The maximum Gasteiger partial charge on any atom is 0.217 e. The molecule has 54 valence electrons. The molecule has 2 N–H and O–H groups in total. The summed E-state index contributed by atoms with van der Waals surface area (Å²) in [7, 11) is 0. The Balaban J connectivity index is 2.68. The van der Waals surface area contributed by atoms with Gasteiger partial charge in [0, 0.05) is 18.8 Å². The van der Waals surface area contributed by atoms with Gasteiger partial charge in [-0.3, -0.25) is 4.68 Å². The van der Waals surface area contributed by atoms with Crippen LogP contribution in [0.3, 0.4) is 0 Å². The van der Waals surface area contributed by atoms with Crippen molar-refractivity contribution in [3.8, 4) is 0 Å². The number of nitroso groups, excluding NO2 is 1. The minimum Gasteiger partial charge on any atom is -0.329 e. The van der Waals surface area contributed by atoms with Crippen molar-refractivity contribution in [2.75, 3.05) is 6.54 Å². The Kier molecular flexibility index (Phi) is 2.11. The second-order valence-electron chi connectivity index (χ2n) is 1.82. The molecule has 1 heterocycles. The third-order valence-electron chi connectivity index (χ3n) is 1.08. The third kappa shape index (κ3) is 1.38. The molecular weight excluding hydrogens is 132 g/mol. The summed E-state index contributed by atoms with van der Waals surface area (Å²) in [4.78, 5) is 9.87. The van der Waals surface area contributed by atoms with E-state index in [9.17, 15) is 4.91 Å². The quantitative estimate of drug-likeness (QED) is 0.611. The maximum atomic E-state index is 9.87. The maximum absolute atomic E-state index is 9.87. The number of rotatable bonds is 3. The third-order valence-corrected chi connectivity index (χ3v) is 1.08. The van der Waals surface area contributed by atoms with Crippen LogP contribution in [0.15, 0.2) is 17.4 Å². The molecule has 0 fully saturated rings. The van der Waals surface area contributed by atoms with Gasteiger partial charge in [-0.1, -0.05) is 0 Å². The number of hydrogen-bond acceptors (Lipinski definition) is 4. The fourth-order valence-electron chi connectivity index (χ4n) is 0.656. The van der Waals surface area contributed by atoms with Crippen molar-refractivity contribution in [2.45, 2.75) is 6.54 Å². The first-order valence-corrected chi connectivity index (χ1v) is 2.93. The number of aromatic nitrogens is 2. The van der Waals surface area contributed by atoms with Gasteiger partial charge >= 0.3 is 0 Å². The molecule has 0 aliphatic carbocycles. The van der Waals surface area contributed by atoms with E-state index < -0.39 is 0 Å². The lowest BCUT2D eigenvalue weighted by molar-refractivity contribution is 0.626. The topological polar surface area (TPSA) is 73.3 Å². The second-order valence-corrected chi connectivity index (χ2v) is 1.82. The van der Waals surface area contributed by atoms with E-state index >= 15 is 0 Å². The summed E-state index contributed by atoms with van der Waals surface area (Å²) in [6.07, 6.45) is 1.67. The van der Waals surface area contributed by atoms with E-state index in [1.165, 1.54) is 0 Å². The zero-order valence-electron chi connectivity index (χ0n) is 5.40. The number of nitrogens with zero attached hydrogens (tertiary/aromatic N) is 3. The standard InChI is InChI=1S/C5H8N4O/c6-2-4-9-3-1-5(7-9)8-10/h1,3H,2,4,6H2. The van der Waals surface area contributed by atoms with Gasteiger partial charge in [-0.25, -0.2) is 0 Å². The van der Waals surface area contributed by atoms with E-state index in [4.69, 9.17) is 5.73 Å². The molecule has 1 aromatic heterocycles. The molecule has 5 nitrogen and oxygen atoms in total. The highest BCUT2D eigenvalue weighted by molar-refractivity contribution is 5.22. The molecule has 1 rings (SSSR count). The summed E-state index contributed by atoms with van der Waals surface area (Å²) in [6.45, 7) is 1.13. The fraction of sp³-hybridized carbons (Fsp3) is 0.400. The Hall–Kier alpha value is -1.23. The lowest BCUT2D eigenvalue weighted by Crippen LogP contribution is -2.09. The van der Waals surface area contributed by atoms with Crippen molar-refractivity contribution in [3.05, 3.63) is 17.2 Å². The van der Waals surface area contributed by atoms with Gasteiger partial charge in [-0.2, -0.15) is 0 Å². The molecular formula is C5H8N4O. The van der Waals surface area contributed by atoms with Gasteiger partial charge in [0.25, 0.3) is 0 Å². The molecule has 0 unspecified atom stereocenters. The van der Waals surface area contributed by atoms with Gasteiger partial charge in [-0.15, -0.1) is 10.0 Å². The normalized spacial score (nSPS) is 9.70. The summed E-state index contributed by atoms with van der Waals surface area (Å²) >= 11 is 0. The highest BCUT2D eigenvalue weighted by Gasteiger charge is 1.94. The van der Waals surface area contributed by atoms with E-state index in [-0.39, 0.29) is 5.82 Å². The van der Waals surface area contributed by atoms with Gasteiger partial charge in [-0.05, 0) is 5.18 Å². The van der Waals surface area contributed by atoms with Crippen LogP contribution < -0.4 is 5.73 Å². The van der Waals surface area contributed by atoms with Crippen molar-refractivity contribution in [2.24, 2.45) is 10.9 Å². The fourth-order valence-corrected chi connectivity index (χ4v) is 0.656. The summed E-state index contributed by atoms with van der Waals surface area (Å²) in [5.74, 6) is 0.202. The van der Waals surface area contributed by atoms with Crippen LogP contribution in [-0.2, 0) is 6.54 Å². The van der Waals surface area contributed by atoms with Crippen LogP contribution in [0.25, 0.3) is 0 Å². The molecule has 0 bridgehead atoms.